The first kappa shape index (κ1) is 10.8. The molecule has 14 heavy (non-hydrogen) atoms. The number of hydrogen-bond donors (Lipinski definition) is 0. The Bertz CT molecular complexity index is 309. The fourth-order valence-corrected chi connectivity index (χ4v) is 1.25. The quantitative estimate of drug-likeness (QED) is 0.699. The van der Waals surface area contributed by atoms with Crippen molar-refractivity contribution >= 4 is 6.08 Å². The highest BCUT2D eigenvalue weighted by Crippen LogP contribution is 2.20. The summed E-state index contributed by atoms with van der Waals surface area (Å²) >= 11 is 0. The van der Waals surface area contributed by atoms with Crippen molar-refractivity contribution in [3.63, 3.8) is 0 Å². The van der Waals surface area contributed by atoms with Gasteiger partial charge in [0.25, 0.3) is 0 Å². The summed E-state index contributed by atoms with van der Waals surface area (Å²) in [7, 11) is 0. The van der Waals surface area contributed by atoms with E-state index in [1.165, 1.54) is 11.1 Å². The van der Waals surface area contributed by atoms with Gasteiger partial charge >= 0.3 is 0 Å². The van der Waals surface area contributed by atoms with Gasteiger partial charge in [0.2, 0.25) is 0 Å². The molecule has 0 unspecified atom stereocenters. The van der Waals surface area contributed by atoms with Crippen LogP contribution in [0.3, 0.4) is 0 Å². The third kappa shape index (κ3) is 3.25. The summed E-state index contributed by atoms with van der Waals surface area (Å²) < 4.78 is 5.64. The second-order valence-corrected chi connectivity index (χ2v) is 3.61. The Morgan fingerprint density at radius 1 is 1.29 bits per heavy atom. The topological polar surface area (TPSA) is 9.23 Å². The predicted molar refractivity (Wildman–Crippen MR) is 61.6 cm³/mol. The van der Waals surface area contributed by atoms with Crippen molar-refractivity contribution in [1.82, 2.24) is 0 Å². The van der Waals surface area contributed by atoms with Gasteiger partial charge < -0.3 is 4.74 Å². The first-order valence-corrected chi connectivity index (χ1v) is 5.10. The molecule has 0 aliphatic heterocycles. The van der Waals surface area contributed by atoms with E-state index in [0.29, 0.717) is 0 Å². The third-order valence-corrected chi connectivity index (χ3v) is 1.82. The van der Waals surface area contributed by atoms with Gasteiger partial charge in [0.05, 0.1) is 6.61 Å². The molecule has 0 amide bonds. The highest BCUT2D eigenvalue weighted by atomic mass is 16.5. The minimum atomic E-state index is 0.785. The molecule has 0 aliphatic rings. The van der Waals surface area contributed by atoms with E-state index in [1.54, 1.807) is 0 Å². The van der Waals surface area contributed by atoms with Gasteiger partial charge in [-0.3, -0.25) is 0 Å². The third-order valence-electron chi connectivity index (χ3n) is 1.82. The zero-order chi connectivity index (χ0) is 10.4. The monoisotopic (exact) mass is 190 g/mol. The molecule has 0 atom stereocenters. The molecular weight excluding hydrogens is 172 g/mol. The smallest absolute Gasteiger partial charge is 0.126 e. The fraction of sp³-hybridized carbons (Fsp3) is 0.385. The van der Waals surface area contributed by atoms with Crippen molar-refractivity contribution in [3.05, 3.63) is 35.4 Å². The predicted octanol–water partition coefficient (Wildman–Crippen LogP) is 3.90. The van der Waals surface area contributed by atoms with Crippen LogP contribution in [0.1, 0.15) is 32.8 Å². The molecule has 1 aromatic carbocycles. The van der Waals surface area contributed by atoms with Gasteiger partial charge in [-0.05, 0) is 26.3 Å². The molecule has 0 N–H and O–H groups in total. The number of benzene rings is 1. The Labute approximate surface area is 86.4 Å². The van der Waals surface area contributed by atoms with Crippen LogP contribution in [0, 0.1) is 0 Å². The molecule has 0 fully saturated rings. The average molecular weight is 190 g/mol. The van der Waals surface area contributed by atoms with Crippen LogP contribution in [0.4, 0.5) is 0 Å². The average Bonchev–Trinajstić information content (AvgIpc) is 2.16. The van der Waals surface area contributed by atoms with E-state index >= 15 is 0 Å². The SMILES string of the molecule is CCCOc1ccccc1C=C(C)C. The summed E-state index contributed by atoms with van der Waals surface area (Å²) in [5, 5.41) is 0. The summed E-state index contributed by atoms with van der Waals surface area (Å²) in [6.45, 7) is 7.09. The molecule has 1 nitrogen and oxygen atoms in total. The van der Waals surface area contributed by atoms with E-state index < -0.39 is 0 Å². The summed E-state index contributed by atoms with van der Waals surface area (Å²) in [5.41, 5.74) is 2.46. The van der Waals surface area contributed by atoms with Crippen LogP contribution >= 0.6 is 0 Å². The molecule has 0 saturated carbocycles. The zero-order valence-corrected chi connectivity index (χ0v) is 9.21. The van der Waals surface area contributed by atoms with E-state index in [-0.39, 0.29) is 0 Å². The Balaban J connectivity index is 2.86. The Kier molecular flexibility index (Phi) is 4.24. The Morgan fingerprint density at radius 3 is 2.64 bits per heavy atom. The molecule has 0 aromatic heterocycles. The van der Waals surface area contributed by atoms with Crippen LogP contribution in [0.2, 0.25) is 0 Å². The first-order valence-electron chi connectivity index (χ1n) is 5.10. The van der Waals surface area contributed by atoms with Crippen LogP contribution in [0.5, 0.6) is 5.75 Å². The van der Waals surface area contributed by atoms with Gasteiger partial charge in [-0.1, -0.05) is 36.8 Å². The van der Waals surface area contributed by atoms with Crippen molar-refractivity contribution in [2.75, 3.05) is 6.61 Å². The van der Waals surface area contributed by atoms with Gasteiger partial charge in [-0.15, -0.1) is 0 Å². The molecule has 0 aliphatic carbocycles. The summed E-state index contributed by atoms with van der Waals surface area (Å²) in [5.74, 6) is 0.982. The van der Waals surface area contributed by atoms with Crippen molar-refractivity contribution in [3.8, 4) is 5.75 Å². The molecule has 0 bridgehead atoms. The number of rotatable bonds is 4. The van der Waals surface area contributed by atoms with Crippen molar-refractivity contribution in [1.29, 1.82) is 0 Å². The lowest BCUT2D eigenvalue weighted by atomic mass is 10.1. The standard InChI is InChI=1S/C13H18O/c1-4-9-14-13-8-6-5-7-12(13)10-11(2)3/h5-8,10H,4,9H2,1-3H3. The Hall–Kier alpha value is -1.24. The lowest BCUT2D eigenvalue weighted by Crippen LogP contribution is -1.96. The number of hydrogen-bond acceptors (Lipinski definition) is 1. The van der Waals surface area contributed by atoms with Gasteiger partial charge in [-0.25, -0.2) is 0 Å². The number of para-hydroxylation sites is 1. The maximum Gasteiger partial charge on any atom is 0.126 e. The molecule has 1 rings (SSSR count). The molecule has 76 valence electrons. The number of ether oxygens (including phenoxy) is 1. The summed E-state index contributed by atoms with van der Waals surface area (Å²) in [6.07, 6.45) is 3.19. The van der Waals surface area contributed by atoms with E-state index in [9.17, 15) is 0 Å². The van der Waals surface area contributed by atoms with E-state index in [0.717, 1.165) is 18.8 Å². The van der Waals surface area contributed by atoms with Crippen molar-refractivity contribution in [2.45, 2.75) is 27.2 Å². The molecular formula is C13H18O. The molecule has 0 spiro atoms. The van der Waals surface area contributed by atoms with Gasteiger partial charge in [0.15, 0.2) is 0 Å². The molecule has 0 heterocycles. The van der Waals surface area contributed by atoms with E-state index in [1.807, 2.05) is 18.2 Å². The van der Waals surface area contributed by atoms with E-state index in [2.05, 4.69) is 32.9 Å². The van der Waals surface area contributed by atoms with Crippen molar-refractivity contribution < 1.29 is 4.74 Å². The minimum Gasteiger partial charge on any atom is -0.493 e. The minimum absolute atomic E-state index is 0.785. The molecule has 0 radical (unpaired) electrons. The van der Waals surface area contributed by atoms with Crippen molar-refractivity contribution in [2.24, 2.45) is 0 Å². The fourth-order valence-electron chi connectivity index (χ4n) is 1.25. The van der Waals surface area contributed by atoms with E-state index in [4.69, 9.17) is 4.74 Å². The Morgan fingerprint density at radius 2 is 2.00 bits per heavy atom. The van der Waals surface area contributed by atoms with Gasteiger partial charge in [0.1, 0.15) is 5.75 Å². The molecule has 1 heteroatoms. The maximum absolute atomic E-state index is 5.64. The summed E-state index contributed by atoms with van der Waals surface area (Å²) in [4.78, 5) is 0. The van der Waals surface area contributed by atoms with Crippen LogP contribution in [0.25, 0.3) is 6.08 Å². The van der Waals surface area contributed by atoms with Crippen LogP contribution < -0.4 is 4.74 Å². The normalized spacial score (nSPS) is 9.64. The number of allylic oxidation sites excluding steroid dienone is 1. The maximum atomic E-state index is 5.64. The lowest BCUT2D eigenvalue weighted by molar-refractivity contribution is 0.317. The van der Waals surface area contributed by atoms with Gasteiger partial charge in [-0.2, -0.15) is 0 Å². The lowest BCUT2D eigenvalue weighted by Gasteiger charge is -2.07. The highest BCUT2D eigenvalue weighted by Gasteiger charge is 1.98. The van der Waals surface area contributed by atoms with Gasteiger partial charge in [0, 0.05) is 5.56 Å². The largest absolute Gasteiger partial charge is 0.493 e. The second-order valence-electron chi connectivity index (χ2n) is 3.61. The summed E-state index contributed by atoms with van der Waals surface area (Å²) in [6, 6.07) is 8.14. The highest BCUT2D eigenvalue weighted by molar-refractivity contribution is 5.58. The van der Waals surface area contributed by atoms with Crippen LogP contribution in [-0.4, -0.2) is 6.61 Å². The molecule has 1 aromatic rings. The molecule has 0 saturated heterocycles. The van der Waals surface area contributed by atoms with Crippen LogP contribution in [0.15, 0.2) is 29.8 Å². The van der Waals surface area contributed by atoms with Crippen LogP contribution in [-0.2, 0) is 0 Å². The first-order chi connectivity index (χ1) is 6.74. The second kappa shape index (κ2) is 5.48. The zero-order valence-electron chi connectivity index (χ0n) is 9.21.